The molecule has 0 spiro atoms. The van der Waals surface area contributed by atoms with E-state index in [9.17, 15) is 9.59 Å². The van der Waals surface area contributed by atoms with Crippen LogP contribution in [0.3, 0.4) is 0 Å². The van der Waals surface area contributed by atoms with Crippen LogP contribution in [-0.2, 0) is 20.7 Å². The highest BCUT2D eigenvalue weighted by molar-refractivity contribution is 7.59. The van der Waals surface area contributed by atoms with Gasteiger partial charge in [-0.25, -0.2) is 9.59 Å². The van der Waals surface area contributed by atoms with Gasteiger partial charge in [-0.3, -0.25) is 0 Å². The molecule has 1 amide bonds. The zero-order chi connectivity index (χ0) is 24.2. The number of rotatable bonds is 6. The minimum Gasteiger partial charge on any atom is -0.467 e. The van der Waals surface area contributed by atoms with Crippen molar-refractivity contribution in [1.29, 1.82) is 0 Å². The maximum Gasteiger partial charge on any atom is 0.408 e. The van der Waals surface area contributed by atoms with Gasteiger partial charge in [-0.2, -0.15) is 0 Å². The number of amides is 1. The van der Waals surface area contributed by atoms with Crippen LogP contribution in [0.15, 0.2) is 60.4 Å². The Morgan fingerprint density at radius 1 is 1.00 bits per heavy atom. The van der Waals surface area contributed by atoms with Gasteiger partial charge < -0.3 is 14.8 Å². The van der Waals surface area contributed by atoms with Crippen LogP contribution in [0.4, 0.5) is 4.79 Å². The largest absolute Gasteiger partial charge is 0.467 e. The summed E-state index contributed by atoms with van der Waals surface area (Å²) in [5.74, 6) is 1.86. The summed E-state index contributed by atoms with van der Waals surface area (Å²) in [6, 6.07) is 18.0. The lowest BCUT2D eigenvalue weighted by molar-refractivity contribution is -0.143. The molecule has 1 unspecified atom stereocenters. The minimum absolute atomic E-state index is 0.319. The predicted octanol–water partition coefficient (Wildman–Crippen LogP) is 6.56. The Balaban J connectivity index is 1.83. The summed E-state index contributed by atoms with van der Waals surface area (Å²) >= 11 is 0. The van der Waals surface area contributed by atoms with Gasteiger partial charge in [0.2, 0.25) is 0 Å². The van der Waals surface area contributed by atoms with E-state index in [2.05, 4.69) is 61.4 Å². The SMILES string of the molecule is COC(=O)[C@H](Cc1ccc(-p2cc(C)c(C)c2-c2ccccc2)cc1)NC(=O)OC(C)(C)C. The first-order valence-electron chi connectivity index (χ1n) is 11.0. The highest BCUT2D eigenvalue weighted by atomic mass is 31.1. The first-order valence-corrected chi connectivity index (χ1v) is 12.4. The van der Waals surface area contributed by atoms with E-state index in [1.807, 2.05) is 18.2 Å². The van der Waals surface area contributed by atoms with Crippen molar-refractivity contribution < 1.29 is 19.1 Å². The van der Waals surface area contributed by atoms with Crippen molar-refractivity contribution in [3.8, 4) is 16.2 Å². The molecule has 3 aromatic rings. The Morgan fingerprint density at radius 2 is 1.64 bits per heavy atom. The third-order valence-corrected chi connectivity index (χ3v) is 7.96. The van der Waals surface area contributed by atoms with Crippen LogP contribution in [0.2, 0.25) is 0 Å². The molecule has 0 aliphatic rings. The van der Waals surface area contributed by atoms with E-state index in [1.54, 1.807) is 20.8 Å². The van der Waals surface area contributed by atoms with Crippen LogP contribution in [0, 0.1) is 13.8 Å². The monoisotopic (exact) mass is 465 g/mol. The van der Waals surface area contributed by atoms with E-state index < -0.39 is 31.2 Å². The first kappa shape index (κ1) is 24.6. The molecule has 2 aromatic carbocycles. The molecule has 0 saturated heterocycles. The number of carbonyl (C=O) groups is 2. The summed E-state index contributed by atoms with van der Waals surface area (Å²) in [6.07, 6.45) is -0.322. The van der Waals surface area contributed by atoms with Crippen molar-refractivity contribution in [3.05, 3.63) is 77.1 Å². The van der Waals surface area contributed by atoms with Crippen LogP contribution >= 0.6 is 7.53 Å². The second-order valence-corrected chi connectivity index (χ2v) is 11.1. The third kappa shape index (κ3) is 6.27. The highest BCUT2D eigenvalue weighted by Gasteiger charge is 2.25. The zero-order valence-corrected chi connectivity index (χ0v) is 21.0. The number of alkyl carbamates (subject to hydrolysis) is 1. The highest BCUT2D eigenvalue weighted by Crippen LogP contribution is 2.52. The summed E-state index contributed by atoms with van der Waals surface area (Å²) in [5, 5.41) is 5.27. The maximum atomic E-state index is 12.3. The number of aryl methyl sites for hydroxylation is 1. The fourth-order valence-corrected chi connectivity index (χ4v) is 6.24. The van der Waals surface area contributed by atoms with Crippen molar-refractivity contribution in [1.82, 2.24) is 5.32 Å². The van der Waals surface area contributed by atoms with Gasteiger partial charge in [0.25, 0.3) is 0 Å². The quantitative estimate of drug-likeness (QED) is 0.419. The lowest BCUT2D eigenvalue weighted by Crippen LogP contribution is -2.45. The number of nitrogens with one attached hydrogen (secondary N) is 1. The zero-order valence-electron chi connectivity index (χ0n) is 20.1. The molecule has 3 rings (SSSR count). The van der Waals surface area contributed by atoms with E-state index in [-0.39, 0.29) is 0 Å². The summed E-state index contributed by atoms with van der Waals surface area (Å²) in [7, 11) is 0.712. The van der Waals surface area contributed by atoms with E-state index in [4.69, 9.17) is 9.47 Å². The Morgan fingerprint density at radius 3 is 2.21 bits per heavy atom. The minimum atomic E-state index is -0.822. The van der Waals surface area contributed by atoms with Crippen molar-refractivity contribution in [2.45, 2.75) is 52.7 Å². The molecule has 1 aromatic heterocycles. The molecule has 0 saturated carbocycles. The van der Waals surface area contributed by atoms with Gasteiger partial charge in [-0.05, 0) is 68.0 Å². The molecule has 174 valence electrons. The average Bonchev–Trinajstić information content (AvgIpc) is 3.07. The molecule has 0 fully saturated rings. The number of carbonyl (C=O) groups excluding carboxylic acids is 2. The van der Waals surface area contributed by atoms with Crippen LogP contribution in [0.1, 0.15) is 37.5 Å². The van der Waals surface area contributed by atoms with Gasteiger partial charge in [0.05, 0.1) is 7.11 Å². The second kappa shape index (κ2) is 10.3. The first-order chi connectivity index (χ1) is 15.6. The van der Waals surface area contributed by atoms with Gasteiger partial charge in [0.1, 0.15) is 11.6 Å². The number of methoxy groups -OCH3 is 1. The number of ether oxygens (including phenoxy) is 2. The van der Waals surface area contributed by atoms with Crippen molar-refractivity contribution in [3.63, 3.8) is 0 Å². The number of hydrogen-bond acceptors (Lipinski definition) is 4. The molecule has 33 heavy (non-hydrogen) atoms. The van der Waals surface area contributed by atoms with Crippen LogP contribution in [0.25, 0.3) is 16.2 Å². The fraction of sp³-hybridized carbons (Fsp3) is 0.333. The topological polar surface area (TPSA) is 64.6 Å². The molecule has 5 nitrogen and oxygen atoms in total. The van der Waals surface area contributed by atoms with E-state index in [1.165, 1.54) is 34.4 Å². The standard InChI is InChI=1S/C27H32NO4P/c1-18-17-33(24(19(18)2)21-10-8-7-9-11-21)22-14-12-20(13-15-22)16-23(25(29)31-6)28-26(30)32-27(3,4)5/h7-15,17,23H,16H2,1-6H3,(H,28,30)/t23-,33?/m0/s1. The summed E-state index contributed by atoms with van der Waals surface area (Å²) in [6.45, 7) is 9.68. The Hall–Kier alpha value is -3.04. The molecule has 2 atom stereocenters. The Kier molecular flexibility index (Phi) is 7.65. The molecular weight excluding hydrogens is 433 g/mol. The van der Waals surface area contributed by atoms with E-state index >= 15 is 0 Å². The van der Waals surface area contributed by atoms with Gasteiger partial charge in [-0.15, -0.1) is 0 Å². The summed E-state index contributed by atoms with van der Waals surface area (Å²) in [5.41, 5.74) is 4.19. The van der Waals surface area contributed by atoms with Crippen molar-refractivity contribution >= 4 is 19.6 Å². The second-order valence-electron chi connectivity index (χ2n) is 9.11. The summed E-state index contributed by atoms with van der Waals surface area (Å²) < 4.78 is 10.2. The van der Waals surface area contributed by atoms with Crippen LogP contribution < -0.4 is 5.32 Å². The van der Waals surface area contributed by atoms with E-state index in [0.717, 1.165) is 5.56 Å². The molecule has 0 aliphatic carbocycles. The number of hydrogen-bond donors (Lipinski definition) is 1. The average molecular weight is 466 g/mol. The van der Waals surface area contributed by atoms with E-state index in [0.29, 0.717) is 6.42 Å². The van der Waals surface area contributed by atoms with Crippen molar-refractivity contribution in [2.24, 2.45) is 0 Å². The molecule has 0 aliphatic heterocycles. The van der Waals surface area contributed by atoms with Gasteiger partial charge >= 0.3 is 12.1 Å². The van der Waals surface area contributed by atoms with Gasteiger partial charge in [0.15, 0.2) is 0 Å². The molecule has 1 N–H and O–H groups in total. The van der Waals surface area contributed by atoms with Crippen LogP contribution in [-0.4, -0.2) is 30.8 Å². The number of esters is 1. The van der Waals surface area contributed by atoms with Gasteiger partial charge in [0, 0.05) is 11.7 Å². The molecule has 1 heterocycles. The molecule has 0 bridgehead atoms. The predicted molar refractivity (Wildman–Crippen MR) is 134 cm³/mol. The van der Waals surface area contributed by atoms with Gasteiger partial charge in [-0.1, -0.05) is 62.1 Å². The Labute approximate surface area is 197 Å². The van der Waals surface area contributed by atoms with Crippen LogP contribution in [0.5, 0.6) is 0 Å². The smallest absolute Gasteiger partial charge is 0.408 e. The lowest BCUT2D eigenvalue weighted by Gasteiger charge is -2.22. The molecule has 6 heteroatoms. The lowest BCUT2D eigenvalue weighted by atomic mass is 10.1. The molecule has 0 radical (unpaired) electrons. The molecular formula is C27H32NO4P. The Bertz CT molecular complexity index is 1110. The summed E-state index contributed by atoms with van der Waals surface area (Å²) in [4.78, 5) is 24.5. The third-order valence-electron chi connectivity index (χ3n) is 5.39. The normalized spacial score (nSPS) is 12.7. The van der Waals surface area contributed by atoms with Crippen molar-refractivity contribution in [2.75, 3.05) is 7.11 Å². The fourth-order valence-electron chi connectivity index (χ4n) is 3.69. The number of benzene rings is 2. The maximum absolute atomic E-state index is 12.3.